The van der Waals surface area contributed by atoms with E-state index in [-0.39, 0.29) is 5.75 Å². The Bertz CT molecular complexity index is 606. The van der Waals surface area contributed by atoms with Crippen LogP contribution < -0.4 is 11.2 Å². The second kappa shape index (κ2) is 6.01. The molecule has 0 amide bonds. The van der Waals surface area contributed by atoms with Gasteiger partial charge in [0.05, 0.1) is 6.21 Å². The van der Waals surface area contributed by atoms with Crippen molar-refractivity contribution in [2.75, 3.05) is 11.2 Å². The first-order valence-corrected chi connectivity index (χ1v) is 6.50. The number of phenolic OH excluding ortho intramolecular Hbond substituents is 1. The van der Waals surface area contributed by atoms with Crippen LogP contribution in [0.3, 0.4) is 0 Å². The Kier molecular flexibility index (Phi) is 4.15. The molecule has 98 valence electrons. The maximum atomic E-state index is 9.64. The van der Waals surface area contributed by atoms with Gasteiger partial charge in [-0.1, -0.05) is 6.08 Å². The Morgan fingerprint density at radius 3 is 3.05 bits per heavy atom. The van der Waals surface area contributed by atoms with E-state index in [1.165, 1.54) is 11.3 Å². The fourth-order valence-corrected chi connectivity index (χ4v) is 2.05. The van der Waals surface area contributed by atoms with Crippen LogP contribution in [0.5, 0.6) is 5.75 Å². The summed E-state index contributed by atoms with van der Waals surface area (Å²) in [5.41, 5.74) is 9.99. The zero-order valence-electron chi connectivity index (χ0n) is 10.2. The predicted octanol–water partition coefficient (Wildman–Crippen LogP) is 2.61. The number of phenols is 1. The van der Waals surface area contributed by atoms with Gasteiger partial charge in [0, 0.05) is 5.38 Å². The number of rotatable bonds is 5. The van der Waals surface area contributed by atoms with E-state index in [0.717, 1.165) is 11.1 Å². The molecule has 2 aromatic rings. The summed E-state index contributed by atoms with van der Waals surface area (Å²) in [5.74, 6) is 0.735. The molecule has 1 heterocycles. The van der Waals surface area contributed by atoms with Gasteiger partial charge in [0.25, 0.3) is 0 Å². The lowest BCUT2D eigenvalue weighted by molar-refractivity contribution is 0.469. The lowest BCUT2D eigenvalue weighted by Crippen LogP contribution is -1.92. The normalized spacial score (nSPS) is 10.7. The Hall–Kier alpha value is -2.34. The van der Waals surface area contributed by atoms with Gasteiger partial charge in [-0.3, -0.25) is 5.43 Å². The molecule has 6 heteroatoms. The number of nitrogens with two attached hydrogens (primary N) is 1. The van der Waals surface area contributed by atoms with Gasteiger partial charge >= 0.3 is 0 Å². The SMILES string of the molecule is C=CCc1cc(C=NNc2nc(N)cs2)ccc1O. The van der Waals surface area contributed by atoms with Crippen molar-refractivity contribution in [2.24, 2.45) is 5.10 Å². The molecule has 1 aromatic carbocycles. The molecular weight excluding hydrogens is 260 g/mol. The van der Waals surface area contributed by atoms with Crippen molar-refractivity contribution in [3.8, 4) is 5.75 Å². The topological polar surface area (TPSA) is 83.5 Å². The fourth-order valence-electron chi connectivity index (χ4n) is 1.50. The molecule has 0 bridgehead atoms. The molecule has 0 fully saturated rings. The van der Waals surface area contributed by atoms with Crippen LogP contribution in [0.4, 0.5) is 10.9 Å². The number of benzene rings is 1. The van der Waals surface area contributed by atoms with Crippen molar-refractivity contribution in [3.05, 3.63) is 47.4 Å². The molecule has 19 heavy (non-hydrogen) atoms. The average Bonchev–Trinajstić information content (AvgIpc) is 2.79. The van der Waals surface area contributed by atoms with E-state index in [2.05, 4.69) is 22.1 Å². The lowest BCUT2D eigenvalue weighted by Gasteiger charge is -2.02. The summed E-state index contributed by atoms with van der Waals surface area (Å²) in [6.45, 7) is 3.66. The summed E-state index contributed by atoms with van der Waals surface area (Å²) in [4.78, 5) is 4.02. The molecule has 0 spiro atoms. The van der Waals surface area contributed by atoms with Crippen molar-refractivity contribution < 1.29 is 5.11 Å². The predicted molar refractivity (Wildman–Crippen MR) is 79.8 cm³/mol. The van der Waals surface area contributed by atoms with Crippen molar-refractivity contribution in [2.45, 2.75) is 6.42 Å². The van der Waals surface area contributed by atoms with E-state index in [1.807, 2.05) is 6.07 Å². The van der Waals surface area contributed by atoms with Crippen LogP contribution in [0.15, 0.2) is 41.3 Å². The monoisotopic (exact) mass is 274 g/mol. The molecule has 5 nitrogen and oxygen atoms in total. The Balaban J connectivity index is 2.06. The van der Waals surface area contributed by atoms with Crippen molar-refractivity contribution in [1.29, 1.82) is 0 Å². The van der Waals surface area contributed by atoms with E-state index < -0.39 is 0 Å². The van der Waals surface area contributed by atoms with Crippen molar-refractivity contribution in [3.63, 3.8) is 0 Å². The smallest absolute Gasteiger partial charge is 0.205 e. The number of thiazole rings is 1. The number of nitrogen functional groups attached to an aromatic ring is 1. The van der Waals surface area contributed by atoms with Crippen LogP contribution in [-0.2, 0) is 6.42 Å². The van der Waals surface area contributed by atoms with E-state index in [9.17, 15) is 5.11 Å². The van der Waals surface area contributed by atoms with Gasteiger partial charge in [0.15, 0.2) is 0 Å². The Morgan fingerprint density at radius 2 is 2.37 bits per heavy atom. The van der Waals surface area contributed by atoms with Crippen LogP contribution in [0.2, 0.25) is 0 Å². The number of allylic oxidation sites excluding steroid dienone is 1. The molecule has 0 radical (unpaired) electrons. The van der Waals surface area contributed by atoms with Gasteiger partial charge in [-0.2, -0.15) is 5.10 Å². The molecule has 0 aliphatic rings. The first kappa shape index (κ1) is 13.1. The molecular formula is C13H14N4OS. The molecule has 0 atom stereocenters. The summed E-state index contributed by atoms with van der Waals surface area (Å²) in [6.07, 6.45) is 4.01. The first-order chi connectivity index (χ1) is 9.19. The summed E-state index contributed by atoms with van der Waals surface area (Å²) >= 11 is 1.38. The summed E-state index contributed by atoms with van der Waals surface area (Å²) in [7, 11) is 0. The maximum Gasteiger partial charge on any atom is 0.205 e. The first-order valence-electron chi connectivity index (χ1n) is 5.62. The quantitative estimate of drug-likeness (QED) is 0.444. The van der Waals surface area contributed by atoms with Crippen LogP contribution in [0.1, 0.15) is 11.1 Å². The zero-order valence-corrected chi connectivity index (χ0v) is 11.0. The van der Waals surface area contributed by atoms with E-state index >= 15 is 0 Å². The molecule has 0 aliphatic carbocycles. The highest BCUT2D eigenvalue weighted by molar-refractivity contribution is 7.14. The standard InChI is InChI=1S/C13H14N4OS/c1-2-3-10-6-9(4-5-11(10)18)7-15-17-13-16-12(14)8-19-13/h2,4-8,18H,1,3,14H2,(H,16,17). The van der Waals surface area contributed by atoms with Crippen LogP contribution >= 0.6 is 11.3 Å². The van der Waals surface area contributed by atoms with Gasteiger partial charge < -0.3 is 10.8 Å². The van der Waals surface area contributed by atoms with Gasteiger partial charge in [-0.15, -0.1) is 17.9 Å². The van der Waals surface area contributed by atoms with Gasteiger partial charge in [-0.25, -0.2) is 4.98 Å². The molecule has 4 N–H and O–H groups in total. The third kappa shape index (κ3) is 3.56. The molecule has 0 unspecified atom stereocenters. The molecule has 1 aromatic heterocycles. The van der Waals surface area contributed by atoms with Gasteiger partial charge in [-0.05, 0) is 35.7 Å². The molecule has 0 saturated heterocycles. The average molecular weight is 274 g/mol. The Labute approximate surface area is 115 Å². The third-order valence-electron chi connectivity index (χ3n) is 2.36. The maximum absolute atomic E-state index is 9.64. The number of nitrogens with one attached hydrogen (secondary N) is 1. The van der Waals surface area contributed by atoms with Crippen molar-refractivity contribution >= 4 is 28.5 Å². The Morgan fingerprint density at radius 1 is 1.53 bits per heavy atom. The summed E-state index contributed by atoms with van der Waals surface area (Å²) < 4.78 is 0. The second-order valence-corrected chi connectivity index (χ2v) is 4.69. The minimum absolute atomic E-state index is 0.262. The zero-order chi connectivity index (χ0) is 13.7. The molecule has 0 saturated carbocycles. The number of anilines is 2. The number of aromatic nitrogens is 1. The second-order valence-electron chi connectivity index (χ2n) is 3.83. The van der Waals surface area contributed by atoms with Gasteiger partial charge in [0.1, 0.15) is 11.6 Å². The lowest BCUT2D eigenvalue weighted by atomic mass is 10.1. The number of hydrogen-bond donors (Lipinski definition) is 3. The minimum atomic E-state index is 0.262. The van der Waals surface area contributed by atoms with Crippen LogP contribution in [0, 0.1) is 0 Å². The molecule has 0 aliphatic heterocycles. The molecule has 2 rings (SSSR count). The van der Waals surface area contributed by atoms with E-state index in [4.69, 9.17) is 5.73 Å². The summed E-state index contributed by atoms with van der Waals surface area (Å²) in [5, 5.41) is 16.1. The number of aromatic hydroxyl groups is 1. The van der Waals surface area contributed by atoms with Crippen LogP contribution in [-0.4, -0.2) is 16.3 Å². The number of hydrazone groups is 1. The van der Waals surface area contributed by atoms with Gasteiger partial charge in [0.2, 0.25) is 5.13 Å². The van der Waals surface area contributed by atoms with E-state index in [1.54, 1.807) is 29.8 Å². The highest BCUT2D eigenvalue weighted by Gasteiger charge is 2.00. The van der Waals surface area contributed by atoms with E-state index in [0.29, 0.717) is 17.4 Å². The summed E-state index contributed by atoms with van der Waals surface area (Å²) in [6, 6.07) is 5.28. The third-order valence-corrected chi connectivity index (χ3v) is 3.13. The largest absolute Gasteiger partial charge is 0.508 e. The highest BCUT2D eigenvalue weighted by atomic mass is 32.1. The minimum Gasteiger partial charge on any atom is -0.508 e. The highest BCUT2D eigenvalue weighted by Crippen LogP contribution is 2.19. The number of nitrogens with zero attached hydrogens (tertiary/aromatic N) is 2. The van der Waals surface area contributed by atoms with Crippen LogP contribution in [0.25, 0.3) is 0 Å². The van der Waals surface area contributed by atoms with Crippen molar-refractivity contribution in [1.82, 2.24) is 4.98 Å². The number of hydrogen-bond acceptors (Lipinski definition) is 6. The fraction of sp³-hybridized carbons (Fsp3) is 0.0769.